The van der Waals surface area contributed by atoms with Gasteiger partial charge in [0, 0.05) is 13.0 Å². The van der Waals surface area contributed by atoms with Gasteiger partial charge in [-0.25, -0.2) is 9.18 Å². The zero-order valence-corrected chi connectivity index (χ0v) is 20.8. The summed E-state index contributed by atoms with van der Waals surface area (Å²) in [5.41, 5.74) is -0.481. The summed E-state index contributed by atoms with van der Waals surface area (Å²) >= 11 is 0. The normalized spacial score (nSPS) is 12.4. The van der Waals surface area contributed by atoms with Crippen LogP contribution in [0.25, 0.3) is 0 Å². The Kier molecular flexibility index (Phi) is 9.22. The van der Waals surface area contributed by atoms with Crippen molar-refractivity contribution in [1.82, 2.24) is 16.0 Å². The highest BCUT2D eigenvalue weighted by Crippen LogP contribution is 2.12. The molecule has 190 valence electrons. The van der Waals surface area contributed by atoms with E-state index in [9.17, 15) is 23.9 Å². The molecule has 0 unspecified atom stereocenters. The highest BCUT2D eigenvalue weighted by molar-refractivity contribution is 5.93. The summed E-state index contributed by atoms with van der Waals surface area (Å²) in [6, 6.07) is 11.2. The number of alkyl carbamates (subject to hydrolysis) is 1. The monoisotopic (exact) mass is 487 g/mol. The Bertz CT molecular complexity index is 1010. The van der Waals surface area contributed by atoms with Crippen LogP contribution in [0.3, 0.4) is 0 Å². The molecule has 0 radical (unpaired) electrons. The molecule has 0 spiro atoms. The van der Waals surface area contributed by atoms with Gasteiger partial charge in [-0.1, -0.05) is 24.3 Å². The third-order valence-electron chi connectivity index (χ3n) is 5.00. The number of phenolic OH excluding ortho intramolecular Hbond substituents is 1. The van der Waals surface area contributed by atoms with E-state index >= 15 is 0 Å². The fourth-order valence-electron chi connectivity index (χ4n) is 3.17. The van der Waals surface area contributed by atoms with Gasteiger partial charge in [0.25, 0.3) is 0 Å². The van der Waals surface area contributed by atoms with E-state index in [0.717, 1.165) is 5.56 Å². The maximum absolute atomic E-state index is 13.3. The first-order valence-electron chi connectivity index (χ1n) is 11.4. The van der Waals surface area contributed by atoms with E-state index in [1.54, 1.807) is 58.9 Å². The Morgan fingerprint density at radius 1 is 0.943 bits per heavy atom. The molecule has 0 aromatic heterocycles. The van der Waals surface area contributed by atoms with Crippen molar-refractivity contribution in [3.05, 3.63) is 65.5 Å². The number of rotatable bonds is 9. The van der Waals surface area contributed by atoms with Gasteiger partial charge in [0.1, 0.15) is 28.7 Å². The van der Waals surface area contributed by atoms with E-state index in [2.05, 4.69) is 16.0 Å². The van der Waals surface area contributed by atoms with Gasteiger partial charge in [-0.2, -0.15) is 0 Å². The number of ether oxygens (including phenoxy) is 1. The van der Waals surface area contributed by atoms with Crippen molar-refractivity contribution in [3.63, 3.8) is 0 Å². The summed E-state index contributed by atoms with van der Waals surface area (Å²) in [5, 5.41) is 17.4. The molecule has 0 bridgehead atoms. The van der Waals surface area contributed by atoms with Gasteiger partial charge in [-0.15, -0.1) is 0 Å². The second kappa shape index (κ2) is 11.7. The van der Waals surface area contributed by atoms with E-state index in [1.165, 1.54) is 24.3 Å². The third-order valence-corrected chi connectivity index (χ3v) is 5.00. The lowest BCUT2D eigenvalue weighted by molar-refractivity contribution is -0.133. The van der Waals surface area contributed by atoms with E-state index in [1.807, 2.05) is 0 Å². The van der Waals surface area contributed by atoms with Crippen molar-refractivity contribution in [3.8, 4) is 5.75 Å². The van der Waals surface area contributed by atoms with Crippen LogP contribution in [-0.4, -0.2) is 46.7 Å². The van der Waals surface area contributed by atoms with Crippen LogP contribution < -0.4 is 16.0 Å². The number of nitrogens with one attached hydrogen (secondary N) is 3. The lowest BCUT2D eigenvalue weighted by Gasteiger charge is -2.29. The molecular formula is C26H34FN3O5. The number of aromatic hydroxyl groups is 1. The summed E-state index contributed by atoms with van der Waals surface area (Å²) in [6.45, 7) is 8.55. The van der Waals surface area contributed by atoms with Crippen LogP contribution in [0.4, 0.5) is 9.18 Å². The summed E-state index contributed by atoms with van der Waals surface area (Å²) in [4.78, 5) is 38.2. The molecule has 2 aromatic carbocycles. The summed E-state index contributed by atoms with van der Waals surface area (Å²) in [7, 11) is 0. The molecule has 2 aromatic rings. The molecule has 0 heterocycles. The predicted octanol–water partition coefficient (Wildman–Crippen LogP) is 3.22. The standard InChI is InChI=1S/C26H34FN3O5/c1-25(2,3)35-24(34)29-21(16-18-6-10-19(27)11-7-18)22(32)30-26(4,5)23(33)28-15-14-17-8-12-20(31)13-9-17/h6-13,21,31H,14-16H2,1-5H3,(H,28,33)(H,29,34)(H,30,32)/t21-/m1/s1. The van der Waals surface area contributed by atoms with E-state index in [0.29, 0.717) is 18.5 Å². The lowest BCUT2D eigenvalue weighted by Crippen LogP contribution is -2.60. The molecule has 0 saturated heterocycles. The van der Waals surface area contributed by atoms with E-state index in [4.69, 9.17) is 4.74 Å². The molecule has 9 heteroatoms. The Morgan fingerprint density at radius 2 is 1.51 bits per heavy atom. The van der Waals surface area contributed by atoms with Crippen molar-refractivity contribution in [2.45, 2.75) is 64.6 Å². The second-order valence-corrected chi connectivity index (χ2v) is 9.82. The SMILES string of the molecule is CC(C)(C)OC(=O)N[C@H](Cc1ccc(F)cc1)C(=O)NC(C)(C)C(=O)NCCc1ccc(O)cc1. The van der Waals surface area contributed by atoms with Crippen LogP contribution >= 0.6 is 0 Å². The highest BCUT2D eigenvalue weighted by atomic mass is 19.1. The minimum atomic E-state index is -1.28. The first-order valence-corrected chi connectivity index (χ1v) is 11.4. The van der Waals surface area contributed by atoms with Crippen LogP contribution in [0.5, 0.6) is 5.75 Å². The predicted molar refractivity (Wildman–Crippen MR) is 130 cm³/mol. The van der Waals surface area contributed by atoms with Gasteiger partial charge in [0.15, 0.2) is 0 Å². The van der Waals surface area contributed by atoms with Gasteiger partial charge < -0.3 is 25.8 Å². The number of amides is 3. The first kappa shape index (κ1) is 27.6. The molecule has 0 aliphatic carbocycles. The largest absolute Gasteiger partial charge is 0.508 e. The Balaban J connectivity index is 2.03. The molecule has 0 aliphatic heterocycles. The topological polar surface area (TPSA) is 117 Å². The summed E-state index contributed by atoms with van der Waals surface area (Å²) in [6.07, 6.45) is -0.163. The number of hydrogen-bond acceptors (Lipinski definition) is 5. The molecule has 0 aliphatic rings. The number of halogens is 1. The first-order chi connectivity index (χ1) is 16.2. The molecule has 4 N–H and O–H groups in total. The molecule has 0 fully saturated rings. The van der Waals surface area contributed by atoms with Crippen molar-refractivity contribution in [2.24, 2.45) is 0 Å². The van der Waals surface area contributed by atoms with E-state index in [-0.39, 0.29) is 12.2 Å². The minimum Gasteiger partial charge on any atom is -0.508 e. The van der Waals surface area contributed by atoms with Crippen molar-refractivity contribution in [2.75, 3.05) is 6.54 Å². The average Bonchev–Trinajstić information content (AvgIpc) is 2.74. The summed E-state index contributed by atoms with van der Waals surface area (Å²) < 4.78 is 18.6. The van der Waals surface area contributed by atoms with Crippen molar-refractivity contribution in [1.29, 1.82) is 0 Å². The maximum Gasteiger partial charge on any atom is 0.408 e. The zero-order chi connectivity index (χ0) is 26.2. The molecule has 3 amide bonds. The molecule has 0 saturated carbocycles. The quantitative estimate of drug-likeness (QED) is 0.433. The van der Waals surface area contributed by atoms with Gasteiger partial charge in [-0.3, -0.25) is 9.59 Å². The number of carbonyl (C=O) groups is 3. The molecule has 1 atom stereocenters. The number of phenols is 1. The molecule has 35 heavy (non-hydrogen) atoms. The van der Waals surface area contributed by atoms with Crippen LogP contribution in [0.2, 0.25) is 0 Å². The molecular weight excluding hydrogens is 453 g/mol. The maximum atomic E-state index is 13.3. The summed E-state index contributed by atoms with van der Waals surface area (Å²) in [5.74, 6) is -1.24. The highest BCUT2D eigenvalue weighted by Gasteiger charge is 2.33. The van der Waals surface area contributed by atoms with Crippen LogP contribution in [-0.2, 0) is 27.2 Å². The fourth-order valence-corrected chi connectivity index (χ4v) is 3.17. The average molecular weight is 488 g/mol. The van der Waals surface area contributed by atoms with Gasteiger partial charge >= 0.3 is 6.09 Å². The Hall–Kier alpha value is -3.62. The van der Waals surface area contributed by atoms with E-state index < -0.39 is 40.9 Å². The lowest BCUT2D eigenvalue weighted by atomic mass is 10.0. The Morgan fingerprint density at radius 3 is 2.09 bits per heavy atom. The number of benzene rings is 2. The van der Waals surface area contributed by atoms with Crippen LogP contribution in [0, 0.1) is 5.82 Å². The second-order valence-electron chi connectivity index (χ2n) is 9.82. The van der Waals surface area contributed by atoms with Crippen molar-refractivity contribution < 1.29 is 28.6 Å². The third kappa shape index (κ3) is 9.64. The van der Waals surface area contributed by atoms with Crippen molar-refractivity contribution >= 4 is 17.9 Å². The van der Waals surface area contributed by atoms with Gasteiger partial charge in [-0.05, 0) is 76.4 Å². The zero-order valence-electron chi connectivity index (χ0n) is 20.8. The van der Waals surface area contributed by atoms with Crippen LogP contribution in [0.1, 0.15) is 45.7 Å². The fraction of sp³-hybridized carbons (Fsp3) is 0.423. The van der Waals surface area contributed by atoms with Crippen LogP contribution in [0.15, 0.2) is 48.5 Å². The Labute approximate surface area is 205 Å². The smallest absolute Gasteiger partial charge is 0.408 e. The number of hydrogen-bond donors (Lipinski definition) is 4. The number of carbonyl (C=O) groups excluding carboxylic acids is 3. The molecule has 2 rings (SSSR count). The van der Waals surface area contributed by atoms with Gasteiger partial charge in [0.05, 0.1) is 0 Å². The molecule has 8 nitrogen and oxygen atoms in total. The minimum absolute atomic E-state index is 0.0733. The van der Waals surface area contributed by atoms with Gasteiger partial charge in [0.2, 0.25) is 11.8 Å².